The maximum atomic E-state index is 12.8. The van der Waals surface area contributed by atoms with E-state index in [4.69, 9.17) is 44.9 Å². The normalized spacial score (nSPS) is 16.1. The van der Waals surface area contributed by atoms with Crippen LogP contribution < -0.4 is 14.8 Å². The smallest absolute Gasteiger partial charge is 0.266 e. The van der Waals surface area contributed by atoms with E-state index in [1.807, 2.05) is 24.3 Å². The second-order valence-corrected chi connectivity index (χ2v) is 9.92. The molecule has 0 unspecified atom stereocenters. The van der Waals surface area contributed by atoms with E-state index in [-0.39, 0.29) is 18.6 Å². The summed E-state index contributed by atoms with van der Waals surface area (Å²) in [6.07, 6.45) is 4.45. The van der Waals surface area contributed by atoms with Crippen LogP contribution >= 0.6 is 47.2 Å². The van der Waals surface area contributed by atoms with Gasteiger partial charge in [-0.2, -0.15) is 0 Å². The molecule has 0 saturated carbocycles. The number of anilines is 1. The van der Waals surface area contributed by atoms with Gasteiger partial charge in [-0.15, -0.1) is 0 Å². The van der Waals surface area contributed by atoms with Crippen LogP contribution in [0.25, 0.3) is 6.08 Å². The quantitative estimate of drug-likeness (QED) is 0.255. The van der Waals surface area contributed by atoms with Crippen molar-refractivity contribution in [1.82, 2.24) is 4.90 Å². The molecule has 2 heterocycles. The van der Waals surface area contributed by atoms with Crippen molar-refractivity contribution in [3.63, 3.8) is 0 Å². The fraction of sp³-hybridized carbons (Fsp3) is 0.261. The van der Waals surface area contributed by atoms with E-state index in [1.165, 1.54) is 11.8 Å². The number of fused-ring (bicyclic) bond motifs is 1. The molecule has 172 valence electrons. The Bertz CT molecular complexity index is 1140. The summed E-state index contributed by atoms with van der Waals surface area (Å²) in [5, 5.41) is 3.64. The van der Waals surface area contributed by atoms with E-state index in [0.717, 1.165) is 18.4 Å². The second-order valence-electron chi connectivity index (χ2n) is 7.43. The summed E-state index contributed by atoms with van der Waals surface area (Å²) < 4.78 is 11.3. The number of halogens is 2. The number of hydrogen-bond donors (Lipinski definition) is 1. The standard InChI is InChI=1S/C23H20Cl2N2O4S2/c24-16-7-6-15(12-17(16)25)26-21(28)4-2-1-3-9-27-22(29)20(33-23(27)32)11-14-5-8-18-19(10-14)31-13-30-18/h5-8,10-12H,1-4,9,13H2,(H,26,28)/b20-11-. The first-order valence-electron chi connectivity index (χ1n) is 10.3. The lowest BCUT2D eigenvalue weighted by atomic mass is 10.1. The molecule has 0 aromatic heterocycles. The molecule has 2 aromatic rings. The number of unbranched alkanes of at least 4 members (excludes halogenated alkanes) is 2. The van der Waals surface area contributed by atoms with Crippen molar-refractivity contribution in [2.75, 3.05) is 18.7 Å². The van der Waals surface area contributed by atoms with Crippen molar-refractivity contribution >= 4 is 75.1 Å². The molecular formula is C23H20Cl2N2O4S2. The van der Waals surface area contributed by atoms with Gasteiger partial charge < -0.3 is 14.8 Å². The Morgan fingerprint density at radius 3 is 2.73 bits per heavy atom. The van der Waals surface area contributed by atoms with Gasteiger partial charge in [0.1, 0.15) is 4.32 Å². The molecule has 2 aromatic carbocycles. The average Bonchev–Trinajstić information content (AvgIpc) is 3.35. The molecule has 10 heteroatoms. The summed E-state index contributed by atoms with van der Waals surface area (Å²) in [4.78, 5) is 27.1. The number of carbonyl (C=O) groups is 2. The third-order valence-corrected chi connectivity index (χ3v) is 7.17. The van der Waals surface area contributed by atoms with E-state index in [9.17, 15) is 9.59 Å². The molecule has 0 radical (unpaired) electrons. The lowest BCUT2D eigenvalue weighted by Crippen LogP contribution is -2.29. The maximum Gasteiger partial charge on any atom is 0.266 e. The number of amides is 2. The van der Waals surface area contributed by atoms with Gasteiger partial charge in [0.25, 0.3) is 5.91 Å². The van der Waals surface area contributed by atoms with Crippen molar-refractivity contribution in [2.24, 2.45) is 0 Å². The van der Waals surface area contributed by atoms with Crippen LogP contribution in [-0.4, -0.2) is 34.4 Å². The van der Waals surface area contributed by atoms with Crippen LogP contribution in [0.2, 0.25) is 10.0 Å². The summed E-state index contributed by atoms with van der Waals surface area (Å²) >= 11 is 18.5. The molecule has 1 N–H and O–H groups in total. The minimum atomic E-state index is -0.0972. The zero-order valence-electron chi connectivity index (χ0n) is 17.4. The molecule has 0 atom stereocenters. The van der Waals surface area contributed by atoms with Crippen LogP contribution in [0.1, 0.15) is 31.2 Å². The summed E-state index contributed by atoms with van der Waals surface area (Å²) in [7, 11) is 0. The predicted molar refractivity (Wildman–Crippen MR) is 136 cm³/mol. The van der Waals surface area contributed by atoms with E-state index >= 15 is 0 Å². The minimum absolute atomic E-state index is 0.0920. The maximum absolute atomic E-state index is 12.8. The van der Waals surface area contributed by atoms with Crippen molar-refractivity contribution in [1.29, 1.82) is 0 Å². The SMILES string of the molecule is O=C(CCCCCN1C(=O)/C(=C/c2ccc3c(c2)OCO3)SC1=S)Nc1ccc(Cl)c(Cl)c1. The Hall–Kier alpha value is -2.26. The van der Waals surface area contributed by atoms with Crippen molar-refractivity contribution in [3.8, 4) is 11.5 Å². The molecule has 1 saturated heterocycles. The first-order valence-corrected chi connectivity index (χ1v) is 12.3. The van der Waals surface area contributed by atoms with Crippen molar-refractivity contribution in [3.05, 3.63) is 56.9 Å². The number of carbonyl (C=O) groups excluding carboxylic acids is 2. The van der Waals surface area contributed by atoms with Crippen LogP contribution in [-0.2, 0) is 9.59 Å². The molecule has 1 fully saturated rings. The number of rotatable bonds is 8. The van der Waals surface area contributed by atoms with Crippen LogP contribution in [0.4, 0.5) is 5.69 Å². The van der Waals surface area contributed by atoms with Crippen LogP contribution in [0.15, 0.2) is 41.3 Å². The van der Waals surface area contributed by atoms with Crippen LogP contribution in [0.5, 0.6) is 11.5 Å². The van der Waals surface area contributed by atoms with Gasteiger partial charge in [0.05, 0.1) is 15.0 Å². The van der Waals surface area contributed by atoms with E-state index in [0.29, 0.717) is 55.8 Å². The zero-order chi connectivity index (χ0) is 23.4. The molecule has 0 bridgehead atoms. The number of thiocarbonyl (C=S) groups is 1. The summed E-state index contributed by atoms with van der Waals surface area (Å²) in [5.41, 5.74) is 1.47. The highest BCUT2D eigenvalue weighted by Gasteiger charge is 2.31. The Labute approximate surface area is 211 Å². The lowest BCUT2D eigenvalue weighted by Gasteiger charge is -2.14. The number of nitrogens with zero attached hydrogens (tertiary/aromatic N) is 1. The molecule has 2 aliphatic heterocycles. The lowest BCUT2D eigenvalue weighted by molar-refractivity contribution is -0.122. The minimum Gasteiger partial charge on any atom is -0.454 e. The van der Waals surface area contributed by atoms with Gasteiger partial charge in [-0.3, -0.25) is 14.5 Å². The highest BCUT2D eigenvalue weighted by molar-refractivity contribution is 8.26. The predicted octanol–water partition coefficient (Wildman–Crippen LogP) is 6.12. The number of nitrogens with one attached hydrogen (secondary N) is 1. The van der Waals surface area contributed by atoms with Crippen molar-refractivity contribution < 1.29 is 19.1 Å². The van der Waals surface area contributed by atoms with E-state index in [2.05, 4.69) is 5.32 Å². The Kier molecular flexibility index (Phi) is 7.80. The summed E-state index contributed by atoms with van der Waals surface area (Å²) in [5.74, 6) is 1.18. The number of thioether (sulfide) groups is 1. The number of benzene rings is 2. The topological polar surface area (TPSA) is 67.9 Å². The third-order valence-electron chi connectivity index (χ3n) is 5.06. The number of ether oxygens (including phenoxy) is 2. The van der Waals surface area contributed by atoms with Gasteiger partial charge in [0.2, 0.25) is 12.7 Å². The highest BCUT2D eigenvalue weighted by atomic mass is 35.5. The van der Waals surface area contributed by atoms with Crippen LogP contribution in [0.3, 0.4) is 0 Å². The van der Waals surface area contributed by atoms with Crippen LogP contribution in [0, 0.1) is 0 Å². The van der Waals surface area contributed by atoms with Gasteiger partial charge in [-0.05, 0) is 54.8 Å². The van der Waals surface area contributed by atoms with Gasteiger partial charge in [0.15, 0.2) is 11.5 Å². The first-order chi connectivity index (χ1) is 15.9. The Balaban J connectivity index is 1.22. The van der Waals surface area contributed by atoms with Gasteiger partial charge in [-0.25, -0.2) is 0 Å². The monoisotopic (exact) mass is 522 g/mol. The fourth-order valence-electron chi connectivity index (χ4n) is 3.38. The molecule has 4 rings (SSSR count). The largest absolute Gasteiger partial charge is 0.454 e. The second kappa shape index (κ2) is 10.8. The molecule has 0 spiro atoms. The van der Waals surface area contributed by atoms with E-state index in [1.54, 1.807) is 23.1 Å². The van der Waals surface area contributed by atoms with Gasteiger partial charge in [0, 0.05) is 18.7 Å². The first kappa shape index (κ1) is 23.9. The third kappa shape index (κ3) is 6.00. The van der Waals surface area contributed by atoms with E-state index < -0.39 is 0 Å². The number of hydrogen-bond acceptors (Lipinski definition) is 6. The molecular weight excluding hydrogens is 503 g/mol. The highest BCUT2D eigenvalue weighted by Crippen LogP contribution is 2.36. The van der Waals surface area contributed by atoms with Gasteiger partial charge >= 0.3 is 0 Å². The Morgan fingerprint density at radius 1 is 1.09 bits per heavy atom. The Morgan fingerprint density at radius 2 is 1.91 bits per heavy atom. The average molecular weight is 523 g/mol. The van der Waals surface area contributed by atoms with Gasteiger partial charge in [-0.1, -0.05) is 59.7 Å². The van der Waals surface area contributed by atoms with Crippen molar-refractivity contribution in [2.45, 2.75) is 25.7 Å². The summed E-state index contributed by atoms with van der Waals surface area (Å²) in [6.45, 7) is 0.732. The fourth-order valence-corrected chi connectivity index (χ4v) is 4.98. The molecule has 2 amide bonds. The molecule has 33 heavy (non-hydrogen) atoms. The molecule has 0 aliphatic carbocycles. The zero-order valence-corrected chi connectivity index (χ0v) is 20.6. The molecule has 2 aliphatic rings. The summed E-state index contributed by atoms with van der Waals surface area (Å²) in [6, 6.07) is 10.5. The molecule has 6 nitrogen and oxygen atoms in total.